The molecule has 1 aliphatic carbocycles. The number of rotatable bonds is 2. The summed E-state index contributed by atoms with van der Waals surface area (Å²) in [5, 5.41) is 19.4. The van der Waals surface area contributed by atoms with Crippen molar-refractivity contribution in [3.8, 4) is 12.1 Å². The van der Waals surface area contributed by atoms with E-state index in [0.717, 1.165) is 5.57 Å². The average Bonchev–Trinajstić information content (AvgIpc) is 2.65. The quantitative estimate of drug-likeness (QED) is 0.590. The minimum atomic E-state index is -1.53. The van der Waals surface area contributed by atoms with Crippen LogP contribution in [-0.2, 0) is 9.47 Å². The lowest BCUT2D eigenvalue weighted by Crippen LogP contribution is -2.57. The molecule has 6 heteroatoms. The van der Waals surface area contributed by atoms with Gasteiger partial charge >= 0.3 is 0 Å². The Kier molecular flexibility index (Phi) is 2.89. The van der Waals surface area contributed by atoms with Crippen molar-refractivity contribution in [2.24, 2.45) is 21.6 Å². The molecule has 2 atom stereocenters. The molecule has 0 saturated carbocycles. The van der Waals surface area contributed by atoms with Gasteiger partial charge in [0.25, 0.3) is 5.91 Å². The molecular formula is C13H16N4O2. The molecule has 0 saturated heterocycles. The summed E-state index contributed by atoms with van der Waals surface area (Å²) in [6.07, 6.45) is 2.59. The highest BCUT2D eigenvalue weighted by Gasteiger charge is 2.73. The van der Waals surface area contributed by atoms with Crippen molar-refractivity contribution in [3.05, 3.63) is 11.6 Å². The maximum Gasteiger partial charge on any atom is 0.292 e. The second-order valence-electron chi connectivity index (χ2n) is 4.95. The molecule has 0 radical (unpaired) electrons. The second-order valence-corrected chi connectivity index (χ2v) is 4.95. The number of amidine groups is 1. The van der Waals surface area contributed by atoms with Gasteiger partial charge in [0.05, 0.1) is 12.1 Å². The smallest absolute Gasteiger partial charge is 0.292 e. The minimum absolute atomic E-state index is 0.104. The van der Waals surface area contributed by atoms with Gasteiger partial charge in [-0.3, -0.25) is 0 Å². The Labute approximate surface area is 112 Å². The van der Waals surface area contributed by atoms with Crippen LogP contribution in [0.15, 0.2) is 16.6 Å². The molecular weight excluding hydrogens is 244 g/mol. The SMILES string of the molecule is COC1(OC)N=C(N)C2(C#N)CC(C)=CCC12C#N. The molecule has 0 aromatic rings. The van der Waals surface area contributed by atoms with Gasteiger partial charge in [-0.1, -0.05) is 11.6 Å². The van der Waals surface area contributed by atoms with Crippen LogP contribution >= 0.6 is 0 Å². The lowest BCUT2D eigenvalue weighted by Gasteiger charge is -2.44. The third-order valence-corrected chi connectivity index (χ3v) is 4.21. The first kappa shape index (κ1) is 13.5. The van der Waals surface area contributed by atoms with E-state index in [0.29, 0.717) is 12.8 Å². The van der Waals surface area contributed by atoms with Crippen molar-refractivity contribution in [1.29, 1.82) is 10.5 Å². The molecule has 1 heterocycles. The first-order valence-electron chi connectivity index (χ1n) is 5.92. The largest absolute Gasteiger partial charge is 0.386 e. The third-order valence-electron chi connectivity index (χ3n) is 4.21. The number of nitrogens with zero attached hydrogens (tertiary/aromatic N) is 3. The van der Waals surface area contributed by atoms with Gasteiger partial charge in [0.15, 0.2) is 5.41 Å². The Balaban J connectivity index is 2.77. The molecule has 2 aliphatic rings. The molecule has 0 aromatic heterocycles. The Morgan fingerprint density at radius 3 is 2.42 bits per heavy atom. The Hall–Kier alpha value is -1.89. The number of fused-ring (bicyclic) bond motifs is 1. The molecule has 0 fully saturated rings. The van der Waals surface area contributed by atoms with Crippen LogP contribution in [0.5, 0.6) is 0 Å². The number of hydrogen-bond donors (Lipinski definition) is 1. The predicted molar refractivity (Wildman–Crippen MR) is 67.5 cm³/mol. The van der Waals surface area contributed by atoms with Crippen molar-refractivity contribution in [3.63, 3.8) is 0 Å². The molecule has 0 bridgehead atoms. The fraction of sp³-hybridized carbons (Fsp3) is 0.615. The van der Waals surface area contributed by atoms with E-state index in [9.17, 15) is 10.5 Å². The van der Waals surface area contributed by atoms with E-state index in [1.807, 2.05) is 13.0 Å². The number of aliphatic imine (C=N–C) groups is 1. The van der Waals surface area contributed by atoms with E-state index in [4.69, 9.17) is 15.2 Å². The van der Waals surface area contributed by atoms with E-state index in [-0.39, 0.29) is 5.84 Å². The number of allylic oxidation sites excluding steroid dienone is 2. The standard InChI is InChI=1S/C13H16N4O2/c1-9-4-5-12(8-15)11(6-9,7-14)10(16)17-13(12,18-2)19-3/h4H,5-6H2,1-3H3,(H2,16,17). The molecule has 1 aliphatic heterocycles. The number of nitriles is 2. The van der Waals surface area contributed by atoms with Crippen LogP contribution in [-0.4, -0.2) is 26.0 Å². The van der Waals surface area contributed by atoms with E-state index in [1.165, 1.54) is 14.2 Å². The van der Waals surface area contributed by atoms with Gasteiger partial charge in [-0.05, 0) is 19.8 Å². The molecule has 0 amide bonds. The van der Waals surface area contributed by atoms with E-state index >= 15 is 0 Å². The van der Waals surface area contributed by atoms with Gasteiger partial charge in [-0.2, -0.15) is 10.5 Å². The van der Waals surface area contributed by atoms with Crippen LogP contribution in [0.2, 0.25) is 0 Å². The molecule has 0 aromatic carbocycles. The maximum absolute atomic E-state index is 9.73. The molecule has 100 valence electrons. The van der Waals surface area contributed by atoms with Crippen LogP contribution in [0.1, 0.15) is 19.8 Å². The second kappa shape index (κ2) is 4.06. The fourth-order valence-corrected chi connectivity index (χ4v) is 3.13. The maximum atomic E-state index is 9.73. The predicted octanol–water partition coefficient (Wildman–Crippen LogP) is 1.06. The van der Waals surface area contributed by atoms with Crippen LogP contribution in [0.4, 0.5) is 0 Å². The monoisotopic (exact) mass is 260 g/mol. The van der Waals surface area contributed by atoms with Crippen LogP contribution in [0.3, 0.4) is 0 Å². The lowest BCUT2D eigenvalue weighted by atomic mass is 9.57. The summed E-state index contributed by atoms with van der Waals surface area (Å²) >= 11 is 0. The average molecular weight is 260 g/mol. The Morgan fingerprint density at radius 1 is 1.32 bits per heavy atom. The van der Waals surface area contributed by atoms with Crippen LogP contribution in [0, 0.1) is 33.5 Å². The summed E-state index contributed by atoms with van der Waals surface area (Å²) in [6.45, 7) is 1.91. The topological polar surface area (TPSA) is 104 Å². The van der Waals surface area contributed by atoms with Gasteiger partial charge in [-0.15, -0.1) is 0 Å². The van der Waals surface area contributed by atoms with Gasteiger partial charge in [0, 0.05) is 14.2 Å². The summed E-state index contributed by atoms with van der Waals surface area (Å²) in [4.78, 5) is 4.19. The zero-order chi connectivity index (χ0) is 14.3. The summed E-state index contributed by atoms with van der Waals surface area (Å²) < 4.78 is 10.7. The van der Waals surface area contributed by atoms with Crippen molar-refractivity contribution >= 4 is 5.84 Å². The van der Waals surface area contributed by atoms with Crippen molar-refractivity contribution in [2.45, 2.75) is 25.7 Å². The lowest BCUT2D eigenvalue weighted by molar-refractivity contribution is -0.260. The number of hydrogen-bond acceptors (Lipinski definition) is 6. The van der Waals surface area contributed by atoms with E-state index in [1.54, 1.807) is 0 Å². The van der Waals surface area contributed by atoms with E-state index in [2.05, 4.69) is 17.1 Å². The number of methoxy groups -OCH3 is 2. The summed E-state index contributed by atoms with van der Waals surface area (Å²) in [5.74, 6) is -1.42. The summed E-state index contributed by atoms with van der Waals surface area (Å²) in [5.41, 5.74) is 4.52. The number of ether oxygens (including phenoxy) is 2. The highest BCUT2D eigenvalue weighted by molar-refractivity contribution is 5.94. The highest BCUT2D eigenvalue weighted by Crippen LogP contribution is 2.61. The molecule has 2 N–H and O–H groups in total. The molecule has 0 spiro atoms. The highest BCUT2D eigenvalue weighted by atomic mass is 16.7. The molecule has 2 unspecified atom stereocenters. The van der Waals surface area contributed by atoms with Gasteiger partial charge in [0.2, 0.25) is 0 Å². The van der Waals surface area contributed by atoms with Crippen LogP contribution in [0.25, 0.3) is 0 Å². The van der Waals surface area contributed by atoms with Crippen molar-refractivity contribution < 1.29 is 9.47 Å². The van der Waals surface area contributed by atoms with Gasteiger partial charge in [-0.25, -0.2) is 4.99 Å². The zero-order valence-electron chi connectivity index (χ0n) is 11.2. The first-order chi connectivity index (χ1) is 8.97. The number of nitrogens with two attached hydrogens (primary N) is 1. The van der Waals surface area contributed by atoms with Gasteiger partial charge in [0.1, 0.15) is 11.3 Å². The van der Waals surface area contributed by atoms with Crippen LogP contribution < -0.4 is 5.73 Å². The van der Waals surface area contributed by atoms with E-state index < -0.39 is 16.7 Å². The Morgan fingerprint density at radius 2 is 1.95 bits per heavy atom. The van der Waals surface area contributed by atoms with Crippen molar-refractivity contribution in [1.82, 2.24) is 0 Å². The van der Waals surface area contributed by atoms with Crippen molar-refractivity contribution in [2.75, 3.05) is 14.2 Å². The van der Waals surface area contributed by atoms with Gasteiger partial charge < -0.3 is 15.2 Å². The third kappa shape index (κ3) is 1.28. The molecule has 2 rings (SSSR count). The summed E-state index contributed by atoms with van der Waals surface area (Å²) in [6, 6.07) is 4.40. The fourth-order valence-electron chi connectivity index (χ4n) is 3.13. The first-order valence-corrected chi connectivity index (χ1v) is 5.92. The zero-order valence-corrected chi connectivity index (χ0v) is 11.2. The minimum Gasteiger partial charge on any atom is -0.386 e. The Bertz CT molecular complexity index is 550. The molecule has 19 heavy (non-hydrogen) atoms. The normalized spacial score (nSPS) is 35.6. The summed E-state index contributed by atoms with van der Waals surface area (Å²) in [7, 11) is 2.80. The molecule has 6 nitrogen and oxygen atoms in total.